The lowest BCUT2D eigenvalue weighted by molar-refractivity contribution is 0.0951. The van der Waals surface area contributed by atoms with E-state index in [9.17, 15) is 4.79 Å². The maximum atomic E-state index is 12.1. The van der Waals surface area contributed by atoms with Crippen LogP contribution in [0.3, 0.4) is 0 Å². The van der Waals surface area contributed by atoms with Crippen LogP contribution in [0.2, 0.25) is 0 Å². The SMILES string of the molecule is O=C(NC1CC1)c1ccnc(-c2csc3ccccc23)c1. The zero-order chi connectivity index (χ0) is 14.2. The lowest BCUT2D eigenvalue weighted by atomic mass is 10.1. The first-order chi connectivity index (χ1) is 10.3. The Balaban J connectivity index is 1.73. The summed E-state index contributed by atoms with van der Waals surface area (Å²) in [6.07, 6.45) is 3.90. The molecule has 4 heteroatoms. The molecular weight excluding hydrogens is 280 g/mol. The maximum Gasteiger partial charge on any atom is 0.251 e. The summed E-state index contributed by atoms with van der Waals surface area (Å²) in [5.74, 6) is 0.000634. The van der Waals surface area contributed by atoms with Crippen LogP contribution >= 0.6 is 11.3 Å². The van der Waals surface area contributed by atoms with E-state index < -0.39 is 0 Å². The highest BCUT2D eigenvalue weighted by molar-refractivity contribution is 7.17. The van der Waals surface area contributed by atoms with Crippen LogP contribution in [0.5, 0.6) is 0 Å². The van der Waals surface area contributed by atoms with Crippen LogP contribution in [0.15, 0.2) is 48.0 Å². The number of amides is 1. The molecule has 0 aliphatic heterocycles. The lowest BCUT2D eigenvalue weighted by Gasteiger charge is -2.05. The molecule has 1 N–H and O–H groups in total. The number of carbonyl (C=O) groups excluding carboxylic acids is 1. The van der Waals surface area contributed by atoms with E-state index in [4.69, 9.17) is 0 Å². The van der Waals surface area contributed by atoms with Gasteiger partial charge in [-0.3, -0.25) is 9.78 Å². The van der Waals surface area contributed by atoms with E-state index in [1.807, 2.05) is 18.2 Å². The molecule has 1 aliphatic rings. The van der Waals surface area contributed by atoms with Crippen molar-refractivity contribution >= 4 is 27.3 Å². The number of benzene rings is 1. The van der Waals surface area contributed by atoms with Gasteiger partial charge < -0.3 is 5.32 Å². The molecule has 4 rings (SSSR count). The van der Waals surface area contributed by atoms with Gasteiger partial charge in [-0.05, 0) is 31.0 Å². The molecule has 1 fully saturated rings. The predicted octanol–water partition coefficient (Wildman–Crippen LogP) is 3.86. The molecule has 0 unspecified atom stereocenters. The van der Waals surface area contributed by atoms with Crippen molar-refractivity contribution in [2.75, 3.05) is 0 Å². The van der Waals surface area contributed by atoms with Gasteiger partial charge in [0.15, 0.2) is 0 Å². The minimum atomic E-state index is 0.000634. The summed E-state index contributed by atoms with van der Waals surface area (Å²) in [5.41, 5.74) is 2.63. The number of hydrogen-bond donors (Lipinski definition) is 1. The van der Waals surface area contributed by atoms with E-state index in [-0.39, 0.29) is 5.91 Å². The van der Waals surface area contributed by atoms with E-state index in [1.165, 1.54) is 10.1 Å². The summed E-state index contributed by atoms with van der Waals surface area (Å²) >= 11 is 1.70. The smallest absolute Gasteiger partial charge is 0.251 e. The van der Waals surface area contributed by atoms with Gasteiger partial charge in [-0.1, -0.05) is 18.2 Å². The van der Waals surface area contributed by atoms with E-state index in [2.05, 4.69) is 27.8 Å². The summed E-state index contributed by atoms with van der Waals surface area (Å²) in [5, 5.41) is 6.31. The third kappa shape index (κ3) is 2.43. The third-order valence-electron chi connectivity index (χ3n) is 3.69. The number of pyridine rings is 1. The molecule has 0 saturated heterocycles. The number of fused-ring (bicyclic) bond motifs is 1. The van der Waals surface area contributed by atoms with Crippen LogP contribution in [0.25, 0.3) is 21.3 Å². The molecule has 3 nitrogen and oxygen atoms in total. The van der Waals surface area contributed by atoms with Crippen LogP contribution in [0.4, 0.5) is 0 Å². The minimum absolute atomic E-state index is 0.000634. The topological polar surface area (TPSA) is 42.0 Å². The van der Waals surface area contributed by atoms with Crippen molar-refractivity contribution in [3.05, 3.63) is 53.5 Å². The van der Waals surface area contributed by atoms with Crippen LogP contribution in [-0.4, -0.2) is 16.9 Å². The Morgan fingerprint density at radius 2 is 2.10 bits per heavy atom. The second-order valence-corrected chi connectivity index (χ2v) is 6.23. The van der Waals surface area contributed by atoms with Gasteiger partial charge in [0.2, 0.25) is 0 Å². The molecule has 2 aromatic heterocycles. The Morgan fingerprint density at radius 3 is 2.95 bits per heavy atom. The summed E-state index contributed by atoms with van der Waals surface area (Å²) < 4.78 is 1.24. The van der Waals surface area contributed by atoms with Crippen molar-refractivity contribution in [1.82, 2.24) is 10.3 Å². The number of nitrogens with one attached hydrogen (secondary N) is 1. The summed E-state index contributed by atoms with van der Waals surface area (Å²) in [7, 11) is 0. The van der Waals surface area contributed by atoms with Crippen molar-refractivity contribution in [1.29, 1.82) is 0 Å². The zero-order valence-electron chi connectivity index (χ0n) is 11.4. The van der Waals surface area contributed by atoms with Gasteiger partial charge in [0.1, 0.15) is 0 Å². The Morgan fingerprint density at radius 1 is 1.24 bits per heavy atom. The van der Waals surface area contributed by atoms with Crippen molar-refractivity contribution in [2.24, 2.45) is 0 Å². The number of nitrogens with zero attached hydrogens (tertiary/aromatic N) is 1. The zero-order valence-corrected chi connectivity index (χ0v) is 12.2. The Kier molecular flexibility index (Phi) is 2.97. The highest BCUT2D eigenvalue weighted by Crippen LogP contribution is 2.33. The Hall–Kier alpha value is -2.20. The monoisotopic (exact) mass is 294 g/mol. The first-order valence-electron chi connectivity index (χ1n) is 7.05. The van der Waals surface area contributed by atoms with Crippen LogP contribution < -0.4 is 5.32 Å². The van der Waals surface area contributed by atoms with Crippen molar-refractivity contribution < 1.29 is 4.79 Å². The predicted molar refractivity (Wildman–Crippen MR) is 85.5 cm³/mol. The van der Waals surface area contributed by atoms with Gasteiger partial charge in [0.05, 0.1) is 5.69 Å². The Bertz CT molecular complexity index is 820. The van der Waals surface area contributed by atoms with E-state index in [0.29, 0.717) is 11.6 Å². The van der Waals surface area contributed by atoms with Gasteiger partial charge in [-0.2, -0.15) is 0 Å². The summed E-state index contributed by atoms with van der Waals surface area (Å²) in [6.45, 7) is 0. The van der Waals surface area contributed by atoms with Crippen LogP contribution in [0.1, 0.15) is 23.2 Å². The molecule has 21 heavy (non-hydrogen) atoms. The van der Waals surface area contributed by atoms with Crippen LogP contribution in [-0.2, 0) is 0 Å². The fraction of sp³-hybridized carbons (Fsp3) is 0.176. The fourth-order valence-corrected chi connectivity index (χ4v) is 3.35. The third-order valence-corrected chi connectivity index (χ3v) is 4.66. The second-order valence-electron chi connectivity index (χ2n) is 5.32. The molecule has 0 spiro atoms. The summed E-state index contributed by atoms with van der Waals surface area (Å²) in [4.78, 5) is 16.6. The Labute approximate surface area is 126 Å². The van der Waals surface area contributed by atoms with Crippen molar-refractivity contribution in [3.63, 3.8) is 0 Å². The van der Waals surface area contributed by atoms with Gasteiger partial charge in [0.25, 0.3) is 5.91 Å². The summed E-state index contributed by atoms with van der Waals surface area (Å²) in [6, 6.07) is 12.3. The molecule has 1 aliphatic carbocycles. The van der Waals surface area contributed by atoms with Gasteiger partial charge in [-0.25, -0.2) is 0 Å². The molecule has 1 amide bonds. The molecule has 1 aromatic carbocycles. The normalized spacial score (nSPS) is 14.3. The molecule has 1 saturated carbocycles. The first-order valence-corrected chi connectivity index (χ1v) is 7.93. The van der Waals surface area contributed by atoms with E-state index in [0.717, 1.165) is 24.1 Å². The minimum Gasteiger partial charge on any atom is -0.349 e. The second kappa shape index (κ2) is 4.97. The highest BCUT2D eigenvalue weighted by Gasteiger charge is 2.24. The molecule has 0 radical (unpaired) electrons. The quantitative estimate of drug-likeness (QED) is 0.797. The molecule has 0 atom stereocenters. The maximum absolute atomic E-state index is 12.1. The van der Waals surface area contributed by atoms with E-state index >= 15 is 0 Å². The number of aromatic nitrogens is 1. The average Bonchev–Trinajstić information content (AvgIpc) is 3.23. The van der Waals surface area contributed by atoms with Gasteiger partial charge in [-0.15, -0.1) is 11.3 Å². The number of rotatable bonds is 3. The molecule has 0 bridgehead atoms. The van der Waals surface area contributed by atoms with Gasteiger partial charge >= 0.3 is 0 Å². The largest absolute Gasteiger partial charge is 0.349 e. The van der Waals surface area contributed by atoms with Gasteiger partial charge in [0, 0.05) is 38.8 Å². The number of carbonyl (C=O) groups is 1. The van der Waals surface area contributed by atoms with Crippen molar-refractivity contribution in [3.8, 4) is 11.3 Å². The number of hydrogen-bond acceptors (Lipinski definition) is 3. The lowest BCUT2D eigenvalue weighted by Crippen LogP contribution is -2.25. The molecular formula is C17H14N2OS. The standard InChI is InChI=1S/C17H14N2OS/c20-17(19-12-5-6-12)11-7-8-18-15(9-11)14-10-21-16-4-2-1-3-13(14)16/h1-4,7-10,12H,5-6H2,(H,19,20). The highest BCUT2D eigenvalue weighted by atomic mass is 32.1. The molecule has 3 aromatic rings. The molecule has 104 valence electrons. The van der Waals surface area contributed by atoms with Crippen molar-refractivity contribution in [2.45, 2.75) is 18.9 Å². The fourth-order valence-electron chi connectivity index (χ4n) is 2.39. The number of thiophene rings is 1. The molecule has 2 heterocycles. The van der Waals surface area contributed by atoms with Crippen LogP contribution in [0, 0.1) is 0 Å². The first kappa shape index (κ1) is 12.5. The van der Waals surface area contributed by atoms with E-state index in [1.54, 1.807) is 23.6 Å². The average molecular weight is 294 g/mol.